The highest BCUT2D eigenvalue weighted by Crippen LogP contribution is 2.28. The fraction of sp³-hybridized carbons (Fsp3) is 0.0909. The molecule has 1 unspecified atom stereocenters. The van der Waals surface area contributed by atoms with Gasteiger partial charge < -0.3 is 5.32 Å². The van der Waals surface area contributed by atoms with Crippen LogP contribution in [0.2, 0.25) is 5.02 Å². The van der Waals surface area contributed by atoms with Crippen molar-refractivity contribution in [2.75, 3.05) is 6.54 Å². The van der Waals surface area contributed by atoms with Gasteiger partial charge in [0.15, 0.2) is 9.84 Å². The zero-order chi connectivity index (χ0) is 21.6. The first-order valence-corrected chi connectivity index (χ1v) is 10.9. The van der Waals surface area contributed by atoms with E-state index in [4.69, 9.17) is 11.6 Å². The van der Waals surface area contributed by atoms with Crippen LogP contribution < -0.4 is 5.32 Å². The molecule has 0 fully saturated rings. The van der Waals surface area contributed by atoms with E-state index in [1.807, 2.05) is 0 Å². The average molecular weight is 445 g/mol. The Hall–Kier alpha value is -3.03. The topological polar surface area (TPSA) is 76.1 Å². The summed E-state index contributed by atoms with van der Waals surface area (Å²) in [5.41, 5.74) is 1.20. The molecule has 0 saturated carbocycles. The van der Waals surface area contributed by atoms with Crippen LogP contribution >= 0.6 is 11.6 Å². The van der Waals surface area contributed by atoms with Crippen molar-refractivity contribution in [3.05, 3.63) is 101 Å². The Bertz CT molecular complexity index is 1130. The number of aromatic nitrogens is 1. The Morgan fingerprint density at radius 3 is 2.43 bits per heavy atom. The smallest absolute Gasteiger partial charge is 0.244 e. The van der Waals surface area contributed by atoms with Crippen LogP contribution in [0.25, 0.3) is 6.08 Å². The van der Waals surface area contributed by atoms with Crippen molar-refractivity contribution < 1.29 is 17.6 Å². The van der Waals surface area contributed by atoms with E-state index < -0.39 is 26.8 Å². The SMILES string of the molecule is O=C(/C=C/c1ccc(Cl)cc1)NCC(c1cccnc1)S(=O)(=O)c1ccc(F)cc1. The number of pyridine rings is 1. The normalized spacial score (nSPS) is 12.6. The maximum Gasteiger partial charge on any atom is 0.244 e. The molecule has 0 aliphatic carbocycles. The third-order valence-electron chi connectivity index (χ3n) is 4.33. The predicted octanol–water partition coefficient (Wildman–Crippen LogP) is 4.22. The zero-order valence-electron chi connectivity index (χ0n) is 15.7. The van der Waals surface area contributed by atoms with Gasteiger partial charge in [-0.05, 0) is 59.7 Å². The summed E-state index contributed by atoms with van der Waals surface area (Å²) in [5.74, 6) is -0.985. The van der Waals surface area contributed by atoms with Gasteiger partial charge in [-0.3, -0.25) is 9.78 Å². The van der Waals surface area contributed by atoms with Crippen LogP contribution in [0, 0.1) is 5.82 Å². The maximum absolute atomic E-state index is 13.2. The lowest BCUT2D eigenvalue weighted by Crippen LogP contribution is -2.31. The van der Waals surface area contributed by atoms with Crippen LogP contribution in [0.1, 0.15) is 16.4 Å². The molecular formula is C22H18ClFN2O3S. The van der Waals surface area contributed by atoms with Crippen LogP contribution in [0.4, 0.5) is 4.39 Å². The second-order valence-electron chi connectivity index (χ2n) is 6.40. The number of benzene rings is 2. The summed E-state index contributed by atoms with van der Waals surface area (Å²) >= 11 is 5.83. The molecule has 0 spiro atoms. The van der Waals surface area contributed by atoms with Gasteiger partial charge in [0.2, 0.25) is 5.91 Å². The van der Waals surface area contributed by atoms with Crippen molar-refractivity contribution in [2.24, 2.45) is 0 Å². The van der Waals surface area contributed by atoms with Gasteiger partial charge in [0.05, 0.1) is 4.90 Å². The summed E-state index contributed by atoms with van der Waals surface area (Å²) in [7, 11) is -3.90. The highest BCUT2D eigenvalue weighted by atomic mass is 35.5. The molecule has 1 heterocycles. The molecule has 1 atom stereocenters. The van der Waals surface area contributed by atoms with E-state index in [-0.39, 0.29) is 11.4 Å². The standard InChI is InChI=1S/C22H18ClFN2O3S/c23-18-6-3-16(4-7-18)5-12-22(27)26-15-21(17-2-1-13-25-14-17)30(28,29)20-10-8-19(24)9-11-20/h1-14,21H,15H2,(H,26,27)/b12-5+. The second kappa shape index (κ2) is 9.65. The van der Waals surface area contributed by atoms with E-state index >= 15 is 0 Å². The fourth-order valence-electron chi connectivity index (χ4n) is 2.76. The van der Waals surface area contributed by atoms with Crippen molar-refractivity contribution in [3.63, 3.8) is 0 Å². The average Bonchev–Trinajstić information content (AvgIpc) is 2.74. The van der Waals surface area contributed by atoms with Gasteiger partial charge in [-0.2, -0.15) is 0 Å². The van der Waals surface area contributed by atoms with Crippen LogP contribution in [0.15, 0.2) is 84.0 Å². The number of amides is 1. The molecule has 1 aromatic heterocycles. The number of halogens is 2. The van der Waals surface area contributed by atoms with Gasteiger partial charge in [0.1, 0.15) is 11.1 Å². The molecule has 2 aromatic carbocycles. The number of hydrogen-bond acceptors (Lipinski definition) is 4. The molecule has 30 heavy (non-hydrogen) atoms. The van der Waals surface area contributed by atoms with E-state index in [9.17, 15) is 17.6 Å². The molecule has 154 valence electrons. The quantitative estimate of drug-likeness (QED) is 0.437. The Kier molecular flexibility index (Phi) is 6.97. The first-order chi connectivity index (χ1) is 14.4. The first-order valence-electron chi connectivity index (χ1n) is 8.97. The van der Waals surface area contributed by atoms with Gasteiger partial charge in [-0.25, -0.2) is 12.8 Å². The number of nitrogens with zero attached hydrogens (tertiary/aromatic N) is 1. The maximum atomic E-state index is 13.2. The molecule has 3 aromatic rings. The summed E-state index contributed by atoms with van der Waals surface area (Å²) in [6.45, 7) is -0.171. The van der Waals surface area contributed by atoms with Crippen molar-refractivity contribution in [3.8, 4) is 0 Å². The van der Waals surface area contributed by atoms with E-state index in [0.717, 1.165) is 17.7 Å². The Morgan fingerprint density at radius 2 is 1.80 bits per heavy atom. The summed E-state index contributed by atoms with van der Waals surface area (Å²) in [4.78, 5) is 16.2. The molecule has 0 aliphatic heterocycles. The number of hydrogen-bond donors (Lipinski definition) is 1. The highest BCUT2D eigenvalue weighted by molar-refractivity contribution is 7.91. The van der Waals surface area contributed by atoms with Crippen molar-refractivity contribution >= 4 is 33.4 Å². The lowest BCUT2D eigenvalue weighted by molar-refractivity contribution is -0.116. The summed E-state index contributed by atoms with van der Waals surface area (Å²) in [5, 5.41) is 2.12. The minimum absolute atomic E-state index is 0.0382. The third kappa shape index (κ3) is 5.52. The highest BCUT2D eigenvalue weighted by Gasteiger charge is 2.29. The molecule has 8 heteroatoms. The third-order valence-corrected chi connectivity index (χ3v) is 6.70. The Morgan fingerprint density at radius 1 is 1.10 bits per heavy atom. The molecule has 0 radical (unpaired) electrons. The van der Waals surface area contributed by atoms with E-state index in [1.165, 1.54) is 30.6 Å². The first kappa shape index (κ1) is 21.7. The van der Waals surface area contributed by atoms with Gasteiger partial charge in [0.25, 0.3) is 0 Å². The van der Waals surface area contributed by atoms with E-state index in [2.05, 4.69) is 10.3 Å². The minimum atomic E-state index is -3.90. The Balaban J connectivity index is 1.79. The van der Waals surface area contributed by atoms with Gasteiger partial charge in [-0.15, -0.1) is 0 Å². The molecule has 0 saturated heterocycles. The molecule has 5 nitrogen and oxygen atoms in total. The van der Waals surface area contributed by atoms with Crippen LogP contribution in [0.5, 0.6) is 0 Å². The number of carbonyl (C=O) groups excluding carboxylic acids is 1. The van der Waals surface area contributed by atoms with Crippen molar-refractivity contribution in [1.29, 1.82) is 0 Å². The minimum Gasteiger partial charge on any atom is -0.351 e. The zero-order valence-corrected chi connectivity index (χ0v) is 17.3. The van der Waals surface area contributed by atoms with E-state index in [1.54, 1.807) is 42.5 Å². The molecular weight excluding hydrogens is 427 g/mol. The Labute approximate surface area is 179 Å². The summed E-state index contributed by atoms with van der Waals surface area (Å²) in [6, 6.07) is 14.7. The van der Waals surface area contributed by atoms with Gasteiger partial charge >= 0.3 is 0 Å². The molecule has 3 rings (SSSR count). The summed E-state index contributed by atoms with van der Waals surface area (Å²) < 4.78 is 39.5. The molecule has 1 N–H and O–H groups in total. The largest absolute Gasteiger partial charge is 0.351 e. The van der Waals surface area contributed by atoms with Crippen LogP contribution in [-0.4, -0.2) is 25.9 Å². The van der Waals surface area contributed by atoms with Crippen molar-refractivity contribution in [1.82, 2.24) is 10.3 Å². The number of sulfone groups is 1. The lowest BCUT2D eigenvalue weighted by atomic mass is 10.2. The number of carbonyl (C=O) groups is 1. The lowest BCUT2D eigenvalue weighted by Gasteiger charge is -2.18. The fourth-order valence-corrected chi connectivity index (χ4v) is 4.53. The molecule has 1 amide bonds. The number of nitrogens with one attached hydrogen (secondary N) is 1. The predicted molar refractivity (Wildman–Crippen MR) is 114 cm³/mol. The monoisotopic (exact) mass is 444 g/mol. The van der Waals surface area contributed by atoms with Crippen LogP contribution in [-0.2, 0) is 14.6 Å². The number of rotatable bonds is 7. The molecule has 0 bridgehead atoms. The second-order valence-corrected chi connectivity index (χ2v) is 8.97. The van der Waals surface area contributed by atoms with Gasteiger partial charge in [-0.1, -0.05) is 29.8 Å². The molecule has 0 aliphatic rings. The van der Waals surface area contributed by atoms with E-state index in [0.29, 0.717) is 10.6 Å². The van der Waals surface area contributed by atoms with Gasteiger partial charge in [0, 0.05) is 30.0 Å². The van der Waals surface area contributed by atoms with Crippen molar-refractivity contribution in [2.45, 2.75) is 10.1 Å². The summed E-state index contributed by atoms with van der Waals surface area (Å²) in [6.07, 6.45) is 5.87. The van der Waals surface area contributed by atoms with Crippen LogP contribution in [0.3, 0.4) is 0 Å².